The Morgan fingerprint density at radius 3 is 2.41 bits per heavy atom. The molecule has 1 heterocycles. The summed E-state index contributed by atoms with van der Waals surface area (Å²) in [7, 11) is 2.08. The number of nitrogens with zero attached hydrogens (tertiary/aromatic N) is 3. The highest BCUT2D eigenvalue weighted by Crippen LogP contribution is 2.36. The molecule has 150 valence electrons. The minimum Gasteiger partial charge on any atom is -0.333 e. The Morgan fingerprint density at radius 1 is 1.22 bits per heavy atom. The summed E-state index contributed by atoms with van der Waals surface area (Å²) >= 11 is 1.81. The van der Waals surface area contributed by atoms with E-state index in [1.54, 1.807) is 18.7 Å². The van der Waals surface area contributed by atoms with Gasteiger partial charge in [0.15, 0.2) is 5.17 Å². The van der Waals surface area contributed by atoms with E-state index in [4.69, 9.17) is 4.99 Å². The molecule has 0 radical (unpaired) electrons. The molecule has 1 amide bonds. The van der Waals surface area contributed by atoms with Crippen LogP contribution in [0.4, 0.5) is 5.69 Å². The van der Waals surface area contributed by atoms with E-state index in [2.05, 4.69) is 50.1 Å². The fraction of sp³-hybridized carbons (Fsp3) is 0.619. The highest BCUT2D eigenvalue weighted by molar-refractivity contribution is 8.14. The van der Waals surface area contributed by atoms with Crippen LogP contribution in [-0.4, -0.2) is 40.5 Å². The molecule has 2 atom stereocenters. The zero-order valence-corrected chi connectivity index (χ0v) is 18.5. The summed E-state index contributed by atoms with van der Waals surface area (Å²) in [6, 6.07) is 8.84. The van der Waals surface area contributed by atoms with Gasteiger partial charge < -0.3 is 4.90 Å². The molecule has 0 bridgehead atoms. The van der Waals surface area contributed by atoms with Crippen LogP contribution in [0.2, 0.25) is 0 Å². The number of carbonyl (C=O) groups is 1. The van der Waals surface area contributed by atoms with Gasteiger partial charge in [-0.2, -0.15) is 0 Å². The molecule has 1 aliphatic heterocycles. The van der Waals surface area contributed by atoms with Gasteiger partial charge >= 0.3 is 0 Å². The molecular formula is C21H32ClN3OS. The molecule has 1 aromatic rings. The van der Waals surface area contributed by atoms with Crippen molar-refractivity contribution < 1.29 is 4.79 Å². The van der Waals surface area contributed by atoms with Gasteiger partial charge in [0.1, 0.15) is 6.17 Å². The first-order chi connectivity index (χ1) is 12.5. The second-order valence-corrected chi connectivity index (χ2v) is 8.80. The topological polar surface area (TPSA) is 35.9 Å². The molecule has 2 fully saturated rings. The third-order valence-corrected chi connectivity index (χ3v) is 6.72. The van der Waals surface area contributed by atoms with Crippen LogP contribution in [-0.2, 0) is 11.2 Å². The highest BCUT2D eigenvalue weighted by Gasteiger charge is 2.40. The maximum Gasteiger partial charge on any atom is 0.225 e. The van der Waals surface area contributed by atoms with E-state index in [0.717, 1.165) is 17.3 Å². The van der Waals surface area contributed by atoms with Crippen molar-refractivity contribution in [1.82, 2.24) is 4.90 Å². The van der Waals surface area contributed by atoms with Crippen molar-refractivity contribution in [2.75, 3.05) is 11.9 Å². The first-order valence-corrected chi connectivity index (χ1v) is 10.7. The summed E-state index contributed by atoms with van der Waals surface area (Å²) in [6.45, 7) is 6.01. The van der Waals surface area contributed by atoms with E-state index in [1.165, 1.54) is 37.7 Å². The maximum absolute atomic E-state index is 12.5. The molecule has 27 heavy (non-hydrogen) atoms. The fourth-order valence-electron chi connectivity index (χ4n) is 4.02. The number of amides is 1. The number of benzene rings is 1. The summed E-state index contributed by atoms with van der Waals surface area (Å²) in [4.78, 5) is 21.7. The molecule has 4 nitrogen and oxygen atoms in total. The number of amidine groups is 1. The Balaban J connectivity index is 0.00000261. The summed E-state index contributed by atoms with van der Waals surface area (Å²) in [5, 5.41) is 1.38. The lowest BCUT2D eigenvalue weighted by Crippen LogP contribution is -2.50. The average Bonchev–Trinajstić information content (AvgIpc) is 2.91. The third-order valence-electron chi connectivity index (χ3n) is 5.50. The summed E-state index contributed by atoms with van der Waals surface area (Å²) in [5.41, 5.74) is 2.26. The third kappa shape index (κ3) is 5.00. The lowest BCUT2D eigenvalue weighted by Gasteiger charge is -2.35. The van der Waals surface area contributed by atoms with Gasteiger partial charge in [-0.15, -0.1) is 12.4 Å². The Bertz CT molecular complexity index is 658. The second kappa shape index (κ2) is 9.83. The summed E-state index contributed by atoms with van der Waals surface area (Å²) in [5.74, 6) is 0.0810. The smallest absolute Gasteiger partial charge is 0.225 e. The van der Waals surface area contributed by atoms with Gasteiger partial charge in [0.2, 0.25) is 5.91 Å². The molecule has 2 aliphatic rings. The number of rotatable bonds is 4. The highest BCUT2D eigenvalue weighted by atomic mass is 35.5. The lowest BCUT2D eigenvalue weighted by molar-refractivity contribution is -0.117. The SMILES string of the molecule is CCc1ccc(N(C(C)=O)C2C(C)SC(=NC3CCCCC3)N2C)cc1.Cl. The molecule has 2 unspecified atom stereocenters. The molecule has 1 aliphatic carbocycles. The largest absolute Gasteiger partial charge is 0.333 e. The monoisotopic (exact) mass is 409 g/mol. The Labute approximate surface area is 174 Å². The number of halogens is 1. The number of aryl methyl sites for hydroxylation is 1. The van der Waals surface area contributed by atoms with E-state index in [0.29, 0.717) is 6.04 Å². The first kappa shape index (κ1) is 22.1. The van der Waals surface area contributed by atoms with Gasteiger partial charge in [-0.1, -0.05) is 50.1 Å². The van der Waals surface area contributed by atoms with Crippen LogP contribution in [0.5, 0.6) is 0 Å². The van der Waals surface area contributed by atoms with Gasteiger partial charge in [-0.25, -0.2) is 0 Å². The van der Waals surface area contributed by atoms with Crippen molar-refractivity contribution in [1.29, 1.82) is 0 Å². The number of carbonyl (C=O) groups excluding carboxylic acids is 1. The standard InChI is InChI=1S/C21H31N3OS.ClH/c1-5-17-11-13-19(14-12-17)24(16(3)25)20-15(2)26-21(23(20)4)22-18-9-7-6-8-10-18;/h11-15,18,20H,5-10H2,1-4H3;1H. The minimum absolute atomic E-state index is 0. The molecular weight excluding hydrogens is 378 g/mol. The predicted octanol–water partition coefficient (Wildman–Crippen LogP) is 5.11. The first-order valence-electron chi connectivity index (χ1n) is 9.87. The molecule has 1 saturated carbocycles. The van der Waals surface area contributed by atoms with Crippen molar-refractivity contribution in [3.05, 3.63) is 29.8 Å². The van der Waals surface area contributed by atoms with E-state index in [-0.39, 0.29) is 29.7 Å². The quantitative estimate of drug-likeness (QED) is 0.693. The van der Waals surface area contributed by atoms with E-state index in [9.17, 15) is 4.79 Å². The molecule has 0 spiro atoms. The number of hydrogen-bond acceptors (Lipinski definition) is 3. The van der Waals surface area contributed by atoms with Crippen LogP contribution in [0, 0.1) is 0 Å². The Kier molecular flexibility index (Phi) is 8.04. The zero-order chi connectivity index (χ0) is 18.7. The zero-order valence-electron chi connectivity index (χ0n) is 16.9. The minimum atomic E-state index is 0. The summed E-state index contributed by atoms with van der Waals surface area (Å²) in [6.07, 6.45) is 7.34. The average molecular weight is 410 g/mol. The number of anilines is 1. The summed E-state index contributed by atoms with van der Waals surface area (Å²) < 4.78 is 0. The van der Waals surface area contributed by atoms with Crippen molar-refractivity contribution in [2.45, 2.75) is 76.8 Å². The molecule has 1 aromatic carbocycles. The molecule has 0 N–H and O–H groups in total. The normalized spacial score (nSPS) is 24.7. The molecule has 3 rings (SSSR count). The van der Waals surface area contributed by atoms with Gasteiger partial charge in [0.05, 0.1) is 6.04 Å². The van der Waals surface area contributed by atoms with Crippen LogP contribution in [0.1, 0.15) is 58.4 Å². The molecule has 0 aromatic heterocycles. The van der Waals surface area contributed by atoms with Crippen molar-refractivity contribution in [3.8, 4) is 0 Å². The van der Waals surface area contributed by atoms with E-state index < -0.39 is 0 Å². The molecule has 6 heteroatoms. The number of thioether (sulfide) groups is 1. The van der Waals surface area contributed by atoms with Gasteiger partial charge in [0, 0.05) is 24.9 Å². The van der Waals surface area contributed by atoms with Crippen LogP contribution in [0.3, 0.4) is 0 Å². The van der Waals surface area contributed by atoms with Gasteiger partial charge in [-0.05, 0) is 43.9 Å². The lowest BCUT2D eigenvalue weighted by atomic mass is 9.96. The van der Waals surface area contributed by atoms with Crippen molar-refractivity contribution in [3.63, 3.8) is 0 Å². The molecule has 1 saturated heterocycles. The predicted molar refractivity (Wildman–Crippen MR) is 119 cm³/mol. The number of aliphatic imine (C=N–C) groups is 1. The van der Waals surface area contributed by atoms with E-state index >= 15 is 0 Å². The Hall–Kier alpha value is -1.20. The van der Waals surface area contributed by atoms with Crippen LogP contribution in [0.25, 0.3) is 0 Å². The van der Waals surface area contributed by atoms with Gasteiger partial charge in [0.25, 0.3) is 0 Å². The van der Waals surface area contributed by atoms with Crippen LogP contribution >= 0.6 is 24.2 Å². The van der Waals surface area contributed by atoms with Crippen molar-refractivity contribution >= 4 is 40.9 Å². The van der Waals surface area contributed by atoms with Crippen molar-refractivity contribution in [2.24, 2.45) is 4.99 Å². The second-order valence-electron chi connectivity index (χ2n) is 7.46. The van der Waals surface area contributed by atoms with Gasteiger partial charge in [-0.3, -0.25) is 14.7 Å². The fourth-order valence-corrected chi connectivity index (χ4v) is 5.27. The maximum atomic E-state index is 12.5. The van der Waals surface area contributed by atoms with E-state index in [1.807, 2.05) is 4.90 Å². The Morgan fingerprint density at radius 2 is 1.85 bits per heavy atom. The number of hydrogen-bond donors (Lipinski definition) is 0. The van der Waals surface area contributed by atoms with Crippen LogP contribution in [0.15, 0.2) is 29.3 Å². The van der Waals surface area contributed by atoms with Crippen LogP contribution < -0.4 is 4.90 Å².